The molecule has 0 bridgehead atoms. The van der Waals surface area contributed by atoms with Crippen LogP contribution >= 0.6 is 15.9 Å². The lowest BCUT2D eigenvalue weighted by Crippen LogP contribution is -2.45. The lowest BCUT2D eigenvalue weighted by atomic mass is 10.3. The minimum Gasteiger partial charge on any atom is -0.452 e. The molecule has 1 aromatic heterocycles. The van der Waals surface area contributed by atoms with Gasteiger partial charge in [-0.05, 0) is 59.3 Å². The van der Waals surface area contributed by atoms with Gasteiger partial charge in [0.15, 0.2) is 4.67 Å². The quantitative estimate of drug-likeness (QED) is 0.662. The summed E-state index contributed by atoms with van der Waals surface area (Å²) in [5, 5.41) is 2.56. The molecule has 2 N–H and O–H groups in total. The van der Waals surface area contributed by atoms with Crippen LogP contribution in [0.4, 0.5) is 5.69 Å². The van der Waals surface area contributed by atoms with Crippen LogP contribution in [0.2, 0.25) is 0 Å². The summed E-state index contributed by atoms with van der Waals surface area (Å²) in [6.45, 7) is 3.04. The van der Waals surface area contributed by atoms with Crippen LogP contribution in [0, 0.1) is 0 Å². The van der Waals surface area contributed by atoms with Gasteiger partial charge in [0.05, 0.1) is 17.5 Å². The Hall–Kier alpha value is -2.17. The lowest BCUT2D eigenvalue weighted by molar-refractivity contribution is -0.132. The van der Waals surface area contributed by atoms with E-state index in [-0.39, 0.29) is 17.3 Å². The molecule has 1 atom stereocenters. The van der Waals surface area contributed by atoms with E-state index in [1.54, 1.807) is 19.2 Å². The molecule has 146 valence electrons. The average molecular weight is 458 g/mol. The topological polar surface area (TPSA) is 109 Å². The number of amides is 2. The minimum atomic E-state index is -3.89. The second-order valence-corrected chi connectivity index (χ2v) is 8.44. The lowest BCUT2D eigenvalue weighted by Gasteiger charge is -2.21. The zero-order valence-electron chi connectivity index (χ0n) is 15.0. The molecule has 2 rings (SSSR count). The predicted octanol–water partition coefficient (Wildman–Crippen LogP) is 2.33. The van der Waals surface area contributed by atoms with Gasteiger partial charge in [-0.25, -0.2) is 8.42 Å². The van der Waals surface area contributed by atoms with Crippen LogP contribution in [-0.4, -0.2) is 38.2 Å². The van der Waals surface area contributed by atoms with E-state index in [1.807, 2.05) is 0 Å². The Balaban J connectivity index is 2.02. The van der Waals surface area contributed by atoms with Crippen molar-refractivity contribution in [1.29, 1.82) is 0 Å². The van der Waals surface area contributed by atoms with Gasteiger partial charge in [-0.2, -0.15) is 4.72 Å². The largest absolute Gasteiger partial charge is 0.452 e. The van der Waals surface area contributed by atoms with Gasteiger partial charge in [0.1, 0.15) is 5.76 Å². The van der Waals surface area contributed by atoms with Crippen molar-refractivity contribution < 1.29 is 22.4 Å². The van der Waals surface area contributed by atoms with Crippen molar-refractivity contribution in [2.24, 2.45) is 0 Å². The zero-order valence-corrected chi connectivity index (χ0v) is 17.4. The van der Waals surface area contributed by atoms with Gasteiger partial charge < -0.3 is 14.6 Å². The number of halogens is 1. The first-order valence-electron chi connectivity index (χ1n) is 7.97. The molecular formula is C17H20BrN3O5S. The van der Waals surface area contributed by atoms with Crippen LogP contribution in [0.25, 0.3) is 0 Å². The Kier molecular flexibility index (Phi) is 6.79. The first-order valence-corrected chi connectivity index (χ1v) is 10.3. The van der Waals surface area contributed by atoms with Gasteiger partial charge in [-0.15, -0.1) is 0 Å². The number of carbonyl (C=O) groups excluding carboxylic acids is 2. The van der Waals surface area contributed by atoms with E-state index in [0.717, 1.165) is 0 Å². The van der Waals surface area contributed by atoms with Crippen molar-refractivity contribution in [2.75, 3.05) is 12.4 Å². The van der Waals surface area contributed by atoms with Crippen LogP contribution in [-0.2, 0) is 26.2 Å². The van der Waals surface area contributed by atoms with Gasteiger partial charge in [-0.3, -0.25) is 9.59 Å². The molecule has 1 heterocycles. The molecule has 0 radical (unpaired) electrons. The van der Waals surface area contributed by atoms with Crippen LogP contribution in [0.5, 0.6) is 0 Å². The summed E-state index contributed by atoms with van der Waals surface area (Å²) in [6, 6.07) is 8.13. The molecule has 0 spiro atoms. The number of nitrogens with one attached hydrogen (secondary N) is 2. The SMILES string of the molecule is CC(=O)Nc1ccc(S(=O)(=O)N[C@@H](C)C(=O)N(C)Cc2ccc(Br)o2)cc1. The van der Waals surface area contributed by atoms with Crippen LogP contribution in [0.1, 0.15) is 19.6 Å². The third-order valence-electron chi connectivity index (χ3n) is 3.59. The van der Waals surface area contributed by atoms with Crippen LogP contribution in [0.15, 0.2) is 50.4 Å². The molecule has 1 aromatic carbocycles. The standard InChI is InChI=1S/C17H20BrN3O5S/c1-11(17(23)21(3)10-14-6-9-16(18)26-14)20-27(24,25)15-7-4-13(5-8-15)19-12(2)22/h4-9,11,20H,10H2,1-3H3,(H,19,22)/t11-/m0/s1. The van der Waals surface area contributed by atoms with Crippen molar-refractivity contribution >= 4 is 43.5 Å². The summed E-state index contributed by atoms with van der Waals surface area (Å²) < 4.78 is 33.2. The van der Waals surface area contributed by atoms with E-state index < -0.39 is 22.0 Å². The van der Waals surface area contributed by atoms with Crippen molar-refractivity contribution in [2.45, 2.75) is 31.3 Å². The Morgan fingerprint density at radius 1 is 1.19 bits per heavy atom. The van der Waals surface area contributed by atoms with Gasteiger partial charge in [0.2, 0.25) is 21.8 Å². The number of hydrogen-bond acceptors (Lipinski definition) is 5. The fourth-order valence-corrected chi connectivity index (χ4v) is 3.89. The number of furan rings is 1. The first kappa shape index (κ1) is 21.1. The van der Waals surface area contributed by atoms with E-state index in [4.69, 9.17) is 4.42 Å². The third-order valence-corrected chi connectivity index (χ3v) is 5.57. The molecule has 10 heteroatoms. The third kappa shape index (κ3) is 5.91. The van der Waals surface area contributed by atoms with E-state index in [2.05, 4.69) is 26.0 Å². The van der Waals surface area contributed by atoms with E-state index >= 15 is 0 Å². The minimum absolute atomic E-state index is 0.00568. The van der Waals surface area contributed by atoms with E-state index in [0.29, 0.717) is 16.1 Å². The van der Waals surface area contributed by atoms with Crippen LogP contribution in [0.3, 0.4) is 0 Å². The van der Waals surface area contributed by atoms with Crippen molar-refractivity contribution in [1.82, 2.24) is 9.62 Å². The summed E-state index contributed by atoms with van der Waals surface area (Å²) >= 11 is 3.19. The number of hydrogen-bond donors (Lipinski definition) is 2. The smallest absolute Gasteiger partial charge is 0.241 e. The number of anilines is 1. The predicted molar refractivity (Wildman–Crippen MR) is 103 cm³/mol. The monoisotopic (exact) mass is 457 g/mol. The second-order valence-electron chi connectivity index (χ2n) is 5.95. The maximum absolute atomic E-state index is 12.5. The van der Waals surface area contributed by atoms with Crippen molar-refractivity contribution in [3.05, 3.63) is 46.8 Å². The number of rotatable bonds is 7. The highest BCUT2D eigenvalue weighted by Crippen LogP contribution is 2.17. The molecule has 27 heavy (non-hydrogen) atoms. The molecule has 0 fully saturated rings. The summed E-state index contributed by atoms with van der Waals surface area (Å²) in [7, 11) is -2.33. The molecule has 0 aliphatic carbocycles. The molecule has 0 aliphatic rings. The summed E-state index contributed by atoms with van der Waals surface area (Å²) in [4.78, 5) is 24.8. The maximum Gasteiger partial charge on any atom is 0.241 e. The number of sulfonamides is 1. The Bertz CT molecular complexity index is 924. The highest BCUT2D eigenvalue weighted by Gasteiger charge is 2.24. The molecule has 2 amide bonds. The Morgan fingerprint density at radius 2 is 1.81 bits per heavy atom. The molecule has 8 nitrogen and oxygen atoms in total. The van der Waals surface area contributed by atoms with Crippen molar-refractivity contribution in [3.8, 4) is 0 Å². The molecular weight excluding hydrogens is 438 g/mol. The van der Waals surface area contributed by atoms with Gasteiger partial charge in [-0.1, -0.05) is 0 Å². The first-order chi connectivity index (χ1) is 12.6. The highest BCUT2D eigenvalue weighted by molar-refractivity contribution is 9.10. The molecule has 0 saturated carbocycles. The number of nitrogens with zero attached hydrogens (tertiary/aromatic N) is 1. The van der Waals surface area contributed by atoms with Crippen molar-refractivity contribution in [3.63, 3.8) is 0 Å². The zero-order chi connectivity index (χ0) is 20.2. The van der Waals surface area contributed by atoms with E-state index in [9.17, 15) is 18.0 Å². The molecule has 0 aliphatic heterocycles. The Morgan fingerprint density at radius 3 is 2.33 bits per heavy atom. The van der Waals surface area contributed by atoms with Gasteiger partial charge >= 0.3 is 0 Å². The second kappa shape index (κ2) is 8.68. The molecule has 2 aromatic rings. The van der Waals surface area contributed by atoms with E-state index in [1.165, 1.54) is 43.0 Å². The van der Waals surface area contributed by atoms with Crippen LogP contribution < -0.4 is 10.0 Å². The average Bonchev–Trinajstić information content (AvgIpc) is 2.98. The molecule has 0 saturated heterocycles. The fraction of sp³-hybridized carbons (Fsp3) is 0.294. The summed E-state index contributed by atoms with van der Waals surface area (Å²) in [5.41, 5.74) is 0.481. The summed E-state index contributed by atoms with van der Waals surface area (Å²) in [6.07, 6.45) is 0. The maximum atomic E-state index is 12.5. The Labute approximate surface area is 166 Å². The number of carbonyl (C=O) groups is 2. The number of benzene rings is 1. The fourth-order valence-electron chi connectivity index (χ4n) is 2.35. The normalized spacial score (nSPS) is 12.4. The summed E-state index contributed by atoms with van der Waals surface area (Å²) in [5.74, 6) is -0.0862. The molecule has 0 unspecified atom stereocenters. The highest BCUT2D eigenvalue weighted by atomic mass is 79.9. The van der Waals surface area contributed by atoms with Gasteiger partial charge in [0, 0.05) is 19.7 Å². The van der Waals surface area contributed by atoms with Gasteiger partial charge in [0.25, 0.3) is 0 Å². The number of likely N-dealkylation sites (N-methyl/N-ethyl adjacent to an activating group) is 1.